The van der Waals surface area contributed by atoms with Gasteiger partial charge in [-0.25, -0.2) is 0 Å². The van der Waals surface area contributed by atoms with Gasteiger partial charge in [-0.3, -0.25) is 9.59 Å². The number of halogens is 2. The molecular weight excluding hydrogens is 389 g/mol. The van der Waals surface area contributed by atoms with Gasteiger partial charge in [-0.1, -0.05) is 23.2 Å². The van der Waals surface area contributed by atoms with E-state index in [1.807, 2.05) is 0 Å². The molecule has 0 spiro atoms. The summed E-state index contributed by atoms with van der Waals surface area (Å²) in [6.45, 7) is 1.22. The Morgan fingerprint density at radius 1 is 1.07 bits per heavy atom. The Morgan fingerprint density at radius 2 is 1.81 bits per heavy atom. The van der Waals surface area contributed by atoms with Crippen LogP contribution in [0.4, 0.5) is 11.4 Å². The van der Waals surface area contributed by atoms with Crippen molar-refractivity contribution < 1.29 is 14.3 Å². The van der Waals surface area contributed by atoms with E-state index in [0.29, 0.717) is 34.4 Å². The van der Waals surface area contributed by atoms with Crippen molar-refractivity contribution in [2.24, 2.45) is 0 Å². The van der Waals surface area contributed by atoms with E-state index >= 15 is 0 Å². The summed E-state index contributed by atoms with van der Waals surface area (Å²) in [4.78, 5) is 24.0. The van der Waals surface area contributed by atoms with Crippen molar-refractivity contribution in [1.82, 2.24) is 5.32 Å². The van der Waals surface area contributed by atoms with Gasteiger partial charge in [0.15, 0.2) is 0 Å². The zero-order valence-corrected chi connectivity index (χ0v) is 16.4. The number of carbonyl (C=O) groups excluding carboxylic acids is 2. The second-order valence-electron chi connectivity index (χ2n) is 5.71. The Morgan fingerprint density at radius 3 is 2.48 bits per heavy atom. The lowest BCUT2D eigenvalue weighted by molar-refractivity contribution is -0.114. The van der Waals surface area contributed by atoms with Crippen LogP contribution in [0.25, 0.3) is 0 Å². The van der Waals surface area contributed by atoms with Crippen LogP contribution >= 0.6 is 23.2 Å². The zero-order chi connectivity index (χ0) is 19.6. The third-order valence-electron chi connectivity index (χ3n) is 3.62. The lowest BCUT2D eigenvalue weighted by Crippen LogP contribution is -2.25. The van der Waals surface area contributed by atoms with Crippen molar-refractivity contribution >= 4 is 46.4 Å². The maximum Gasteiger partial charge on any atom is 0.251 e. The molecule has 2 aromatic rings. The Labute approximate surface area is 168 Å². The largest absolute Gasteiger partial charge is 0.385 e. The van der Waals surface area contributed by atoms with Crippen molar-refractivity contribution in [2.45, 2.75) is 6.42 Å². The monoisotopic (exact) mass is 409 g/mol. The van der Waals surface area contributed by atoms with E-state index < -0.39 is 0 Å². The van der Waals surface area contributed by atoms with Crippen LogP contribution in [0.3, 0.4) is 0 Å². The smallest absolute Gasteiger partial charge is 0.251 e. The first-order valence-electron chi connectivity index (χ1n) is 8.35. The van der Waals surface area contributed by atoms with Crippen LogP contribution < -0.4 is 16.0 Å². The molecule has 2 rings (SSSR count). The predicted octanol–water partition coefficient (Wildman–Crippen LogP) is 3.81. The molecule has 0 unspecified atom stereocenters. The van der Waals surface area contributed by atoms with E-state index in [0.717, 1.165) is 12.1 Å². The summed E-state index contributed by atoms with van der Waals surface area (Å²) in [5, 5.41) is 9.38. The minimum Gasteiger partial charge on any atom is -0.385 e. The maximum absolute atomic E-state index is 12.0. The summed E-state index contributed by atoms with van der Waals surface area (Å²) in [7, 11) is 1.62. The predicted molar refractivity (Wildman–Crippen MR) is 109 cm³/mol. The van der Waals surface area contributed by atoms with Crippen molar-refractivity contribution in [3.8, 4) is 0 Å². The molecule has 0 aliphatic heterocycles. The number of ether oxygens (including phenoxy) is 1. The van der Waals surface area contributed by atoms with Crippen LogP contribution in [-0.4, -0.2) is 38.6 Å². The third kappa shape index (κ3) is 7.09. The molecule has 0 aliphatic rings. The summed E-state index contributed by atoms with van der Waals surface area (Å²) < 4.78 is 4.94. The minimum atomic E-state index is -0.251. The van der Waals surface area contributed by atoms with Crippen LogP contribution in [0.15, 0.2) is 42.5 Å². The molecule has 0 bridgehead atoms. The van der Waals surface area contributed by atoms with Gasteiger partial charge in [0.05, 0.1) is 17.3 Å². The van der Waals surface area contributed by atoms with E-state index in [1.165, 1.54) is 0 Å². The molecule has 0 aromatic heterocycles. The van der Waals surface area contributed by atoms with Gasteiger partial charge >= 0.3 is 0 Å². The van der Waals surface area contributed by atoms with Crippen molar-refractivity contribution in [3.05, 3.63) is 58.1 Å². The van der Waals surface area contributed by atoms with Crippen LogP contribution in [0.1, 0.15) is 16.8 Å². The molecule has 0 radical (unpaired) electrons. The van der Waals surface area contributed by atoms with Crippen molar-refractivity contribution in [2.75, 3.05) is 37.4 Å². The summed E-state index contributed by atoms with van der Waals surface area (Å²) in [6.07, 6.45) is 0.759. The molecule has 3 N–H and O–H groups in total. The van der Waals surface area contributed by atoms with Gasteiger partial charge in [0.1, 0.15) is 0 Å². The number of rotatable bonds is 9. The molecule has 6 nitrogen and oxygen atoms in total. The van der Waals surface area contributed by atoms with Gasteiger partial charge in [-0.05, 0) is 48.9 Å². The fourth-order valence-corrected chi connectivity index (χ4v) is 2.68. The fraction of sp³-hybridized carbons (Fsp3) is 0.263. The van der Waals surface area contributed by atoms with Crippen LogP contribution in [0, 0.1) is 0 Å². The summed E-state index contributed by atoms with van der Waals surface area (Å²) >= 11 is 11.9. The molecule has 0 aliphatic carbocycles. The van der Waals surface area contributed by atoms with E-state index in [1.54, 1.807) is 49.6 Å². The molecular formula is C19H21Cl2N3O3. The van der Waals surface area contributed by atoms with Gasteiger partial charge in [-0.15, -0.1) is 0 Å². The highest BCUT2D eigenvalue weighted by atomic mass is 35.5. The first-order valence-corrected chi connectivity index (χ1v) is 9.11. The molecule has 0 saturated carbocycles. The minimum absolute atomic E-state index is 0.0571. The summed E-state index contributed by atoms with van der Waals surface area (Å²) in [5.74, 6) is -0.396. The number of benzene rings is 2. The molecule has 2 amide bonds. The lowest BCUT2D eigenvalue weighted by Gasteiger charge is -2.10. The van der Waals surface area contributed by atoms with Gasteiger partial charge in [-0.2, -0.15) is 0 Å². The average molecular weight is 410 g/mol. The molecule has 2 aromatic carbocycles. The molecule has 27 heavy (non-hydrogen) atoms. The molecule has 144 valence electrons. The number of hydrogen-bond acceptors (Lipinski definition) is 4. The first kappa shape index (κ1) is 21.0. The van der Waals surface area contributed by atoms with Crippen LogP contribution in [0.5, 0.6) is 0 Å². The van der Waals surface area contributed by atoms with Gasteiger partial charge in [0.25, 0.3) is 5.91 Å². The maximum atomic E-state index is 12.0. The average Bonchev–Trinajstić information content (AvgIpc) is 2.66. The second-order valence-corrected chi connectivity index (χ2v) is 6.55. The standard InChI is InChI=1S/C19H21Cl2N3O3/c1-27-10-2-9-22-19(26)13-3-6-15(7-4-13)23-12-18(25)24-17-8-5-14(20)11-16(17)21/h3-8,11,23H,2,9-10,12H2,1H3,(H,22,26)(H,24,25). The number of anilines is 2. The zero-order valence-electron chi connectivity index (χ0n) is 14.9. The summed E-state index contributed by atoms with van der Waals surface area (Å²) in [6, 6.07) is 11.7. The summed E-state index contributed by atoms with van der Waals surface area (Å²) in [5.41, 5.74) is 1.77. The molecule has 0 fully saturated rings. The third-order valence-corrected chi connectivity index (χ3v) is 4.16. The number of methoxy groups -OCH3 is 1. The number of carbonyl (C=O) groups is 2. The van der Waals surface area contributed by atoms with Gasteiger partial charge in [0, 0.05) is 36.5 Å². The first-order chi connectivity index (χ1) is 13.0. The lowest BCUT2D eigenvalue weighted by atomic mass is 10.2. The topological polar surface area (TPSA) is 79.5 Å². The second kappa shape index (κ2) is 10.8. The molecule has 8 heteroatoms. The van der Waals surface area contributed by atoms with Crippen molar-refractivity contribution in [1.29, 1.82) is 0 Å². The number of nitrogens with one attached hydrogen (secondary N) is 3. The number of amides is 2. The highest BCUT2D eigenvalue weighted by molar-refractivity contribution is 6.36. The fourth-order valence-electron chi connectivity index (χ4n) is 2.23. The number of hydrogen-bond donors (Lipinski definition) is 3. The van der Waals surface area contributed by atoms with Crippen molar-refractivity contribution in [3.63, 3.8) is 0 Å². The van der Waals surface area contributed by atoms with E-state index in [2.05, 4.69) is 16.0 Å². The van der Waals surface area contributed by atoms with E-state index in [-0.39, 0.29) is 18.4 Å². The van der Waals surface area contributed by atoms with Crippen LogP contribution in [0.2, 0.25) is 10.0 Å². The van der Waals surface area contributed by atoms with Gasteiger partial charge < -0.3 is 20.7 Å². The Kier molecular flexibility index (Phi) is 8.39. The Bertz CT molecular complexity index is 782. The van der Waals surface area contributed by atoms with E-state index in [4.69, 9.17) is 27.9 Å². The normalized spacial score (nSPS) is 10.3. The molecule has 0 heterocycles. The molecule has 0 atom stereocenters. The van der Waals surface area contributed by atoms with Gasteiger partial charge in [0.2, 0.25) is 5.91 Å². The molecule has 0 saturated heterocycles. The Balaban J connectivity index is 1.80. The van der Waals surface area contributed by atoms with Crippen LogP contribution in [-0.2, 0) is 9.53 Å². The Hall–Kier alpha value is -2.28. The quantitative estimate of drug-likeness (QED) is 0.550. The van der Waals surface area contributed by atoms with E-state index in [9.17, 15) is 9.59 Å². The SMILES string of the molecule is COCCCNC(=O)c1ccc(NCC(=O)Nc2ccc(Cl)cc2Cl)cc1. The highest BCUT2D eigenvalue weighted by Crippen LogP contribution is 2.25. The highest BCUT2D eigenvalue weighted by Gasteiger charge is 2.08.